The Bertz CT molecular complexity index is 1230. The summed E-state index contributed by atoms with van der Waals surface area (Å²) in [6.45, 7) is 5.26. The van der Waals surface area contributed by atoms with Gasteiger partial charge < -0.3 is 19.3 Å². The van der Waals surface area contributed by atoms with E-state index in [9.17, 15) is 9.90 Å². The number of likely N-dealkylation sites (tertiary alicyclic amines) is 1. The Morgan fingerprint density at radius 3 is 2.51 bits per heavy atom. The molecule has 35 heavy (non-hydrogen) atoms. The maximum Gasteiger partial charge on any atom is 0.222 e. The molecule has 1 N–H and O–H groups in total. The summed E-state index contributed by atoms with van der Waals surface area (Å²) >= 11 is 6.07. The van der Waals surface area contributed by atoms with Crippen molar-refractivity contribution in [2.75, 3.05) is 33.4 Å². The molecule has 7 heteroatoms. The topological polar surface area (TPSA) is 57.9 Å². The fraction of sp³-hybridized carbons (Fsp3) is 0.464. The molecule has 1 amide bonds. The lowest BCUT2D eigenvalue weighted by Gasteiger charge is -2.50. The second-order valence-corrected chi connectivity index (χ2v) is 10.4. The summed E-state index contributed by atoms with van der Waals surface area (Å²) in [5, 5.41) is 12.4. The Kier molecular flexibility index (Phi) is 6.55. The maximum absolute atomic E-state index is 13.1. The largest absolute Gasteiger partial charge is 0.497 e. The van der Waals surface area contributed by atoms with E-state index in [1.807, 2.05) is 37.1 Å². The van der Waals surface area contributed by atoms with Crippen LogP contribution in [0.5, 0.6) is 5.75 Å². The summed E-state index contributed by atoms with van der Waals surface area (Å²) in [7, 11) is 3.73. The number of hydrogen-bond acceptors (Lipinski definition) is 4. The van der Waals surface area contributed by atoms with E-state index in [4.69, 9.17) is 16.3 Å². The zero-order chi connectivity index (χ0) is 24.7. The summed E-state index contributed by atoms with van der Waals surface area (Å²) in [6, 6.07) is 14.0. The zero-order valence-electron chi connectivity index (χ0n) is 20.8. The molecular formula is C28H34ClN3O3. The van der Waals surface area contributed by atoms with E-state index in [1.165, 1.54) is 16.5 Å². The molecule has 2 aliphatic heterocycles. The van der Waals surface area contributed by atoms with E-state index in [2.05, 4.69) is 33.7 Å². The molecule has 1 atom stereocenters. The van der Waals surface area contributed by atoms with Gasteiger partial charge in [0.1, 0.15) is 5.75 Å². The highest BCUT2D eigenvalue weighted by Crippen LogP contribution is 2.50. The van der Waals surface area contributed by atoms with Gasteiger partial charge in [-0.3, -0.25) is 9.69 Å². The third-order valence-corrected chi connectivity index (χ3v) is 8.33. The van der Waals surface area contributed by atoms with Crippen LogP contribution in [-0.2, 0) is 23.8 Å². The van der Waals surface area contributed by atoms with Crippen molar-refractivity contribution in [1.82, 2.24) is 14.4 Å². The van der Waals surface area contributed by atoms with Gasteiger partial charge in [0.2, 0.25) is 5.91 Å². The number of carbonyl (C=O) groups is 1. The number of aryl methyl sites for hydroxylation is 1. The molecule has 2 aliphatic rings. The molecule has 0 radical (unpaired) electrons. The predicted molar refractivity (Wildman–Crippen MR) is 139 cm³/mol. The Balaban J connectivity index is 1.55. The van der Waals surface area contributed by atoms with Crippen molar-refractivity contribution < 1.29 is 14.6 Å². The van der Waals surface area contributed by atoms with E-state index >= 15 is 0 Å². The van der Waals surface area contributed by atoms with E-state index in [0.717, 1.165) is 54.5 Å². The van der Waals surface area contributed by atoms with Crippen LogP contribution in [0.3, 0.4) is 0 Å². The van der Waals surface area contributed by atoms with Gasteiger partial charge in [-0.25, -0.2) is 0 Å². The minimum Gasteiger partial charge on any atom is -0.497 e. The Labute approximate surface area is 212 Å². The molecule has 6 nitrogen and oxygen atoms in total. The third-order valence-electron chi connectivity index (χ3n) is 8.08. The highest BCUT2D eigenvalue weighted by molar-refractivity contribution is 6.30. The van der Waals surface area contributed by atoms with Gasteiger partial charge in [0, 0.05) is 54.1 Å². The van der Waals surface area contributed by atoms with Gasteiger partial charge >= 0.3 is 0 Å². The molecule has 2 aromatic carbocycles. The number of fused-ring (bicyclic) bond motifs is 4. The number of benzene rings is 2. The molecule has 1 spiro atoms. The summed E-state index contributed by atoms with van der Waals surface area (Å²) in [6.07, 6.45) is 2.36. The third kappa shape index (κ3) is 4.11. The van der Waals surface area contributed by atoms with E-state index in [-0.39, 0.29) is 24.0 Å². The fourth-order valence-corrected chi connectivity index (χ4v) is 6.34. The van der Waals surface area contributed by atoms with Gasteiger partial charge in [0.25, 0.3) is 0 Å². The van der Waals surface area contributed by atoms with Gasteiger partial charge in [-0.1, -0.05) is 30.7 Å². The normalized spacial score (nSPS) is 19.8. The molecule has 3 heterocycles. The molecule has 0 saturated carbocycles. The predicted octanol–water partition coefficient (Wildman–Crippen LogP) is 4.66. The Morgan fingerprint density at radius 2 is 1.89 bits per heavy atom. The molecule has 0 unspecified atom stereocenters. The van der Waals surface area contributed by atoms with Crippen LogP contribution in [0.25, 0.3) is 10.9 Å². The number of amides is 1. The van der Waals surface area contributed by atoms with Crippen molar-refractivity contribution in [1.29, 1.82) is 0 Å². The first-order chi connectivity index (χ1) is 16.9. The number of hydrogen-bond donors (Lipinski definition) is 1. The first kappa shape index (κ1) is 24.2. The van der Waals surface area contributed by atoms with Crippen molar-refractivity contribution in [3.8, 4) is 5.75 Å². The van der Waals surface area contributed by atoms with Crippen LogP contribution in [-0.4, -0.2) is 58.7 Å². The van der Waals surface area contributed by atoms with Gasteiger partial charge in [0.05, 0.1) is 25.3 Å². The van der Waals surface area contributed by atoms with Gasteiger partial charge in [-0.2, -0.15) is 0 Å². The van der Waals surface area contributed by atoms with E-state index in [1.54, 1.807) is 7.11 Å². The first-order valence-corrected chi connectivity index (χ1v) is 12.8. The number of nitrogens with zero attached hydrogens (tertiary/aromatic N) is 3. The molecule has 1 saturated heterocycles. The number of aromatic nitrogens is 1. The maximum atomic E-state index is 13.1. The number of rotatable bonds is 5. The molecule has 0 bridgehead atoms. The van der Waals surface area contributed by atoms with Gasteiger partial charge in [-0.05, 0) is 61.3 Å². The first-order valence-electron chi connectivity index (χ1n) is 12.4. The quantitative estimate of drug-likeness (QED) is 0.559. The van der Waals surface area contributed by atoms with Gasteiger partial charge in [-0.15, -0.1) is 0 Å². The molecule has 186 valence electrons. The van der Waals surface area contributed by atoms with Crippen LogP contribution in [0.2, 0.25) is 5.02 Å². The lowest BCUT2D eigenvalue weighted by molar-refractivity contribution is -0.137. The molecular weight excluding hydrogens is 462 g/mol. The molecule has 3 aromatic rings. The van der Waals surface area contributed by atoms with Crippen LogP contribution in [0, 0.1) is 0 Å². The van der Waals surface area contributed by atoms with Crippen molar-refractivity contribution in [3.05, 3.63) is 64.3 Å². The summed E-state index contributed by atoms with van der Waals surface area (Å²) < 4.78 is 7.68. The molecule has 1 fully saturated rings. The van der Waals surface area contributed by atoms with Crippen LogP contribution in [0.4, 0.5) is 0 Å². The Morgan fingerprint density at radius 1 is 1.17 bits per heavy atom. The average Bonchev–Trinajstić information content (AvgIpc) is 3.18. The highest BCUT2D eigenvalue weighted by Gasteiger charge is 2.49. The van der Waals surface area contributed by atoms with Crippen LogP contribution < -0.4 is 4.74 Å². The Hall–Kier alpha value is -2.54. The second-order valence-electron chi connectivity index (χ2n) is 9.96. The van der Waals surface area contributed by atoms with Crippen LogP contribution in [0.1, 0.15) is 49.0 Å². The lowest BCUT2D eigenvalue weighted by Crippen LogP contribution is -2.55. The van der Waals surface area contributed by atoms with E-state index < -0.39 is 0 Å². The van der Waals surface area contributed by atoms with Crippen molar-refractivity contribution in [3.63, 3.8) is 0 Å². The summed E-state index contributed by atoms with van der Waals surface area (Å²) in [5.41, 5.74) is 4.57. The average molecular weight is 496 g/mol. The molecule has 1 aromatic heterocycles. The molecule has 0 aliphatic carbocycles. The number of aliphatic hydroxyl groups excluding tert-OH is 1. The summed E-state index contributed by atoms with van der Waals surface area (Å²) in [4.78, 5) is 17.5. The number of ether oxygens (including phenoxy) is 1. The smallest absolute Gasteiger partial charge is 0.222 e. The second kappa shape index (κ2) is 9.49. The molecule has 5 rings (SSSR count). The van der Waals surface area contributed by atoms with Crippen LogP contribution in [0.15, 0.2) is 42.5 Å². The van der Waals surface area contributed by atoms with Crippen molar-refractivity contribution in [2.45, 2.75) is 44.2 Å². The number of halogens is 1. The van der Waals surface area contributed by atoms with E-state index in [0.29, 0.717) is 13.0 Å². The monoisotopic (exact) mass is 495 g/mol. The lowest BCUT2D eigenvalue weighted by atomic mass is 9.68. The van der Waals surface area contributed by atoms with Crippen molar-refractivity contribution in [2.24, 2.45) is 7.05 Å². The minimum atomic E-state index is -0.335. The fourth-order valence-electron chi connectivity index (χ4n) is 6.22. The number of piperidine rings is 1. The number of carbonyl (C=O) groups excluding carboxylic acids is 1. The van der Waals surface area contributed by atoms with Gasteiger partial charge in [0.15, 0.2) is 0 Å². The highest BCUT2D eigenvalue weighted by atomic mass is 35.5. The summed E-state index contributed by atoms with van der Waals surface area (Å²) in [5.74, 6) is 0.907. The van der Waals surface area contributed by atoms with Crippen LogP contribution >= 0.6 is 11.6 Å². The number of aliphatic hydroxyl groups is 1. The number of methoxy groups -OCH3 is 1. The SMILES string of the molecule is CCC(=O)N1CC2(CCN(Cc3ccc(Cl)cc3)CC2)c2c(n(C)c3cc(OC)ccc23)[C@@H]1CO. The van der Waals surface area contributed by atoms with Crippen molar-refractivity contribution >= 4 is 28.4 Å². The zero-order valence-corrected chi connectivity index (χ0v) is 21.5. The minimum absolute atomic E-state index is 0.0845. The standard InChI is InChI=1S/C28H34ClN3O3/c1-4-25(34)32-18-28(11-13-31(14-12-28)16-19-5-7-20(29)8-6-19)26-22-10-9-21(35-3)15-23(22)30(2)27(26)24(32)17-33/h5-10,15,24,33H,4,11-14,16-18H2,1-3H3/t24-/m0/s1.